The van der Waals surface area contributed by atoms with Crippen molar-refractivity contribution in [3.05, 3.63) is 0 Å². The van der Waals surface area contributed by atoms with Crippen LogP contribution in [0.3, 0.4) is 0 Å². The second-order valence-corrected chi connectivity index (χ2v) is 4.72. The molecule has 6 nitrogen and oxygen atoms in total. The highest BCUT2D eigenvalue weighted by Crippen LogP contribution is 2.10. The van der Waals surface area contributed by atoms with Crippen LogP contribution in [-0.2, 0) is 14.3 Å². The minimum absolute atomic E-state index is 0.0833. The van der Waals surface area contributed by atoms with E-state index in [1.54, 1.807) is 0 Å². The average Bonchev–Trinajstić information content (AvgIpc) is 2.27. The Balaban J connectivity index is 2.54. The molecule has 1 aliphatic rings. The first kappa shape index (κ1) is 13.9. The summed E-state index contributed by atoms with van der Waals surface area (Å²) >= 11 is 0. The fourth-order valence-corrected chi connectivity index (χ4v) is 1.84. The van der Waals surface area contributed by atoms with Crippen molar-refractivity contribution in [3.63, 3.8) is 0 Å². The Kier molecular flexibility index (Phi) is 4.89. The van der Waals surface area contributed by atoms with Crippen molar-refractivity contribution in [2.75, 3.05) is 19.7 Å². The quantitative estimate of drug-likeness (QED) is 0.706. The number of nitrogens with zero attached hydrogens (tertiary/aromatic N) is 1. The van der Waals surface area contributed by atoms with Gasteiger partial charge in [0.05, 0.1) is 19.2 Å². The largest absolute Gasteiger partial charge is 0.479 e. The SMILES string of the molecule is CC(C)C[C@@H](N)C(=O)N1CCOC(C(=O)O)C1. The third kappa shape index (κ3) is 3.98. The Morgan fingerprint density at radius 2 is 2.18 bits per heavy atom. The Morgan fingerprint density at radius 1 is 1.53 bits per heavy atom. The number of carboxylic acid groups (broad SMARTS) is 1. The maximum absolute atomic E-state index is 12.0. The number of hydrogen-bond acceptors (Lipinski definition) is 4. The Morgan fingerprint density at radius 3 is 2.71 bits per heavy atom. The van der Waals surface area contributed by atoms with Gasteiger partial charge in [0.2, 0.25) is 5.91 Å². The monoisotopic (exact) mass is 244 g/mol. The van der Waals surface area contributed by atoms with E-state index in [2.05, 4.69) is 0 Å². The summed E-state index contributed by atoms with van der Waals surface area (Å²) in [4.78, 5) is 24.2. The Labute approximate surface area is 101 Å². The van der Waals surface area contributed by atoms with E-state index in [1.165, 1.54) is 4.90 Å². The van der Waals surface area contributed by atoms with Crippen LogP contribution in [0.5, 0.6) is 0 Å². The number of rotatable bonds is 4. The van der Waals surface area contributed by atoms with Gasteiger partial charge in [0.25, 0.3) is 0 Å². The smallest absolute Gasteiger partial charge is 0.334 e. The van der Waals surface area contributed by atoms with E-state index in [4.69, 9.17) is 15.6 Å². The first-order valence-corrected chi connectivity index (χ1v) is 5.80. The van der Waals surface area contributed by atoms with Crippen LogP contribution in [0.4, 0.5) is 0 Å². The van der Waals surface area contributed by atoms with Gasteiger partial charge in [-0.15, -0.1) is 0 Å². The molecule has 0 aromatic heterocycles. The maximum Gasteiger partial charge on any atom is 0.334 e. The minimum Gasteiger partial charge on any atom is -0.479 e. The van der Waals surface area contributed by atoms with Crippen molar-refractivity contribution in [1.82, 2.24) is 4.90 Å². The van der Waals surface area contributed by atoms with Gasteiger partial charge < -0.3 is 20.5 Å². The van der Waals surface area contributed by atoms with Crippen molar-refractivity contribution in [3.8, 4) is 0 Å². The minimum atomic E-state index is -1.04. The number of carbonyl (C=O) groups is 2. The molecule has 17 heavy (non-hydrogen) atoms. The highest BCUT2D eigenvalue weighted by Gasteiger charge is 2.31. The van der Waals surface area contributed by atoms with E-state index in [0.29, 0.717) is 18.9 Å². The fourth-order valence-electron chi connectivity index (χ4n) is 1.84. The van der Waals surface area contributed by atoms with Gasteiger partial charge in [0, 0.05) is 6.54 Å². The summed E-state index contributed by atoms with van der Waals surface area (Å²) < 4.78 is 5.05. The van der Waals surface area contributed by atoms with E-state index in [0.717, 1.165) is 0 Å². The van der Waals surface area contributed by atoms with Crippen LogP contribution < -0.4 is 5.73 Å². The predicted octanol–water partition coefficient (Wildman–Crippen LogP) is -0.328. The van der Waals surface area contributed by atoms with Crippen LogP contribution in [-0.4, -0.2) is 53.7 Å². The summed E-state index contributed by atoms with van der Waals surface area (Å²) in [5.41, 5.74) is 5.79. The first-order valence-electron chi connectivity index (χ1n) is 5.80. The normalized spacial score (nSPS) is 22.6. The molecule has 2 atom stereocenters. The summed E-state index contributed by atoms with van der Waals surface area (Å²) in [6, 6.07) is -0.553. The topological polar surface area (TPSA) is 92.9 Å². The van der Waals surface area contributed by atoms with E-state index in [-0.39, 0.29) is 19.1 Å². The van der Waals surface area contributed by atoms with Gasteiger partial charge in [-0.25, -0.2) is 4.79 Å². The summed E-state index contributed by atoms with van der Waals surface area (Å²) in [7, 11) is 0. The van der Waals surface area contributed by atoms with Crippen molar-refractivity contribution >= 4 is 11.9 Å². The molecule has 98 valence electrons. The number of carboxylic acids is 1. The summed E-state index contributed by atoms with van der Waals surface area (Å²) in [6.45, 7) is 4.73. The van der Waals surface area contributed by atoms with Crippen LogP contribution in [0.1, 0.15) is 20.3 Å². The van der Waals surface area contributed by atoms with E-state index < -0.39 is 18.1 Å². The van der Waals surface area contributed by atoms with Gasteiger partial charge in [-0.05, 0) is 12.3 Å². The maximum atomic E-state index is 12.0. The Bertz CT molecular complexity index is 293. The number of amides is 1. The van der Waals surface area contributed by atoms with Crippen LogP contribution in [0.15, 0.2) is 0 Å². The van der Waals surface area contributed by atoms with Crippen LogP contribution in [0.2, 0.25) is 0 Å². The van der Waals surface area contributed by atoms with Crippen LogP contribution >= 0.6 is 0 Å². The molecule has 1 unspecified atom stereocenters. The second-order valence-electron chi connectivity index (χ2n) is 4.72. The molecule has 1 aliphatic heterocycles. The third-order valence-corrected chi connectivity index (χ3v) is 2.70. The lowest BCUT2D eigenvalue weighted by Gasteiger charge is -2.32. The van der Waals surface area contributed by atoms with E-state index in [1.807, 2.05) is 13.8 Å². The molecule has 0 spiro atoms. The van der Waals surface area contributed by atoms with E-state index >= 15 is 0 Å². The third-order valence-electron chi connectivity index (χ3n) is 2.70. The molecule has 0 aromatic rings. The molecular weight excluding hydrogens is 224 g/mol. The second kappa shape index (κ2) is 5.97. The zero-order valence-corrected chi connectivity index (χ0v) is 10.3. The number of nitrogens with two attached hydrogens (primary N) is 1. The molecule has 0 radical (unpaired) electrons. The van der Waals surface area contributed by atoms with Crippen LogP contribution in [0.25, 0.3) is 0 Å². The molecule has 0 bridgehead atoms. The summed E-state index contributed by atoms with van der Waals surface area (Å²) in [6.07, 6.45) is -0.326. The Hall–Kier alpha value is -1.14. The zero-order valence-electron chi connectivity index (χ0n) is 10.3. The molecule has 0 aliphatic carbocycles. The molecule has 6 heteroatoms. The first-order chi connectivity index (χ1) is 7.91. The van der Waals surface area contributed by atoms with Crippen molar-refractivity contribution in [1.29, 1.82) is 0 Å². The molecule has 1 amide bonds. The van der Waals surface area contributed by atoms with Crippen molar-refractivity contribution in [2.24, 2.45) is 11.7 Å². The molecular formula is C11H20N2O4. The molecule has 0 saturated carbocycles. The lowest BCUT2D eigenvalue weighted by atomic mass is 10.0. The van der Waals surface area contributed by atoms with Gasteiger partial charge in [0.1, 0.15) is 0 Å². The number of morpholine rings is 1. The van der Waals surface area contributed by atoms with Gasteiger partial charge in [-0.2, -0.15) is 0 Å². The highest BCUT2D eigenvalue weighted by atomic mass is 16.5. The molecule has 1 saturated heterocycles. The predicted molar refractivity (Wildman–Crippen MR) is 61.4 cm³/mol. The molecule has 0 aromatic carbocycles. The average molecular weight is 244 g/mol. The number of carbonyl (C=O) groups excluding carboxylic acids is 1. The summed E-state index contributed by atoms with van der Waals surface area (Å²) in [5.74, 6) is -0.890. The van der Waals surface area contributed by atoms with Gasteiger partial charge in [0.15, 0.2) is 6.10 Å². The van der Waals surface area contributed by atoms with Gasteiger partial charge in [-0.1, -0.05) is 13.8 Å². The van der Waals surface area contributed by atoms with Gasteiger partial charge >= 0.3 is 5.97 Å². The van der Waals surface area contributed by atoms with Crippen molar-refractivity contribution in [2.45, 2.75) is 32.4 Å². The van der Waals surface area contributed by atoms with E-state index in [9.17, 15) is 9.59 Å². The molecule has 1 fully saturated rings. The van der Waals surface area contributed by atoms with Crippen molar-refractivity contribution < 1.29 is 19.4 Å². The number of ether oxygens (including phenoxy) is 1. The highest BCUT2D eigenvalue weighted by molar-refractivity contribution is 5.83. The van der Waals surface area contributed by atoms with Gasteiger partial charge in [-0.3, -0.25) is 4.79 Å². The fraction of sp³-hybridized carbons (Fsp3) is 0.818. The number of hydrogen-bond donors (Lipinski definition) is 2. The summed E-state index contributed by atoms with van der Waals surface area (Å²) in [5, 5.41) is 8.83. The standard InChI is InChI=1S/C11H20N2O4/c1-7(2)5-8(12)10(14)13-3-4-17-9(6-13)11(15)16/h7-9H,3-6,12H2,1-2H3,(H,15,16)/t8-,9?/m1/s1. The number of aliphatic carboxylic acids is 1. The lowest BCUT2D eigenvalue weighted by Crippen LogP contribution is -2.53. The molecule has 3 N–H and O–H groups in total. The lowest BCUT2D eigenvalue weighted by molar-refractivity contribution is -0.159. The zero-order chi connectivity index (χ0) is 13.0. The van der Waals surface area contributed by atoms with Crippen LogP contribution in [0, 0.1) is 5.92 Å². The molecule has 1 rings (SSSR count). The molecule has 1 heterocycles.